The van der Waals surface area contributed by atoms with Crippen LogP contribution in [0.25, 0.3) is 0 Å². The minimum absolute atomic E-state index is 0.984. The maximum atomic E-state index is 8.25. The average Bonchev–Trinajstić information content (AvgIpc) is 2.18. The molecule has 46 valence electrons. The van der Waals surface area contributed by atoms with E-state index in [-0.39, 0.29) is 0 Å². The summed E-state index contributed by atoms with van der Waals surface area (Å²) in [5.74, 6) is 0. The van der Waals surface area contributed by atoms with Crippen molar-refractivity contribution in [3.05, 3.63) is 22.7 Å². The van der Waals surface area contributed by atoms with Gasteiger partial charge in [0.05, 0.1) is 11.1 Å². The molecule has 0 saturated heterocycles. The van der Waals surface area contributed by atoms with Gasteiger partial charge >= 0.3 is 0 Å². The summed E-state index contributed by atoms with van der Waals surface area (Å²) in [6.45, 7) is 0. The summed E-state index contributed by atoms with van der Waals surface area (Å²) in [6.07, 6.45) is 3.46. The van der Waals surface area contributed by atoms with E-state index in [2.05, 4.69) is 0 Å². The Bertz CT molecular complexity index is 200. The zero-order valence-corrected chi connectivity index (χ0v) is 5.85. The van der Waals surface area contributed by atoms with Gasteiger partial charge in [-0.25, -0.2) is 0 Å². The summed E-state index contributed by atoms with van der Waals surface area (Å²) in [6, 6.07) is 1.98. The molecule has 0 N–H and O–H groups in total. The fourth-order valence-corrected chi connectivity index (χ4v) is 1.27. The van der Waals surface area contributed by atoms with Crippen LogP contribution in [0.5, 0.6) is 0 Å². The van der Waals surface area contributed by atoms with E-state index in [1.165, 1.54) is 6.08 Å². The zero-order valence-electron chi connectivity index (χ0n) is 5.03. The molecule has 2 nitrogen and oxygen atoms in total. The molecule has 0 fully saturated rings. The summed E-state index contributed by atoms with van der Waals surface area (Å²) in [7, 11) is 1.92. The summed E-state index contributed by atoms with van der Waals surface area (Å²) in [5, 5.41) is 11.2. The van der Waals surface area contributed by atoms with E-state index in [9.17, 15) is 0 Å². The lowest BCUT2D eigenvalue weighted by atomic mass is 10.6. The van der Waals surface area contributed by atoms with Crippen molar-refractivity contribution >= 4 is 11.8 Å². The van der Waals surface area contributed by atoms with E-state index in [0.717, 1.165) is 5.03 Å². The van der Waals surface area contributed by atoms with Crippen molar-refractivity contribution in [3.8, 4) is 6.07 Å². The number of hydrogen-bond acceptors (Lipinski definition) is 3. The molecule has 1 rings (SSSR count). The molecule has 0 atom stereocenters. The van der Waals surface area contributed by atoms with Crippen LogP contribution >= 0.6 is 11.8 Å². The van der Waals surface area contributed by atoms with E-state index in [1.54, 1.807) is 11.8 Å². The summed E-state index contributed by atoms with van der Waals surface area (Å²) >= 11 is 1.56. The summed E-state index contributed by atoms with van der Waals surface area (Å²) in [5.41, 5.74) is 0. The lowest BCUT2D eigenvalue weighted by Gasteiger charge is -2.06. The molecule has 0 spiro atoms. The molecular formula is C6H6N2S. The second kappa shape index (κ2) is 2.60. The topological polar surface area (TPSA) is 27.0 Å². The van der Waals surface area contributed by atoms with E-state index in [1.807, 2.05) is 29.6 Å². The molecule has 3 heteroatoms. The first-order valence-corrected chi connectivity index (χ1v) is 3.38. The third kappa shape index (κ3) is 1.27. The fourth-order valence-electron chi connectivity index (χ4n) is 0.539. The summed E-state index contributed by atoms with van der Waals surface area (Å²) in [4.78, 5) is 1.91. The molecule has 0 aromatic rings. The smallest absolute Gasteiger partial charge is 0.0939 e. The van der Waals surface area contributed by atoms with Crippen LogP contribution in [0.3, 0.4) is 0 Å². The number of nitriles is 1. The molecule has 0 aromatic heterocycles. The highest BCUT2D eigenvalue weighted by atomic mass is 32.2. The number of nitrogens with zero attached hydrogens (tertiary/aromatic N) is 2. The number of hydrogen-bond donors (Lipinski definition) is 0. The highest BCUT2D eigenvalue weighted by molar-refractivity contribution is 8.06. The van der Waals surface area contributed by atoms with Crippen LogP contribution in [0.1, 0.15) is 0 Å². The van der Waals surface area contributed by atoms with Crippen LogP contribution in [0.2, 0.25) is 0 Å². The molecule has 1 aliphatic rings. The average molecular weight is 138 g/mol. The number of thioether (sulfide) groups is 1. The Morgan fingerprint density at radius 1 is 1.89 bits per heavy atom. The standard InChI is InChI=1S/C6H6N2S/c1-8-4-5-9-6(8)2-3-7/h2,4-5H,1H3. The van der Waals surface area contributed by atoms with Crippen molar-refractivity contribution in [1.82, 2.24) is 4.90 Å². The maximum Gasteiger partial charge on any atom is 0.0939 e. The van der Waals surface area contributed by atoms with Gasteiger partial charge in [0.2, 0.25) is 0 Å². The Labute approximate surface area is 58.5 Å². The summed E-state index contributed by atoms with van der Waals surface area (Å²) < 4.78 is 0. The lowest BCUT2D eigenvalue weighted by molar-refractivity contribution is 0.620. The van der Waals surface area contributed by atoms with Crippen LogP contribution < -0.4 is 0 Å². The van der Waals surface area contributed by atoms with Gasteiger partial charge in [0, 0.05) is 19.3 Å². The lowest BCUT2D eigenvalue weighted by Crippen LogP contribution is -2.01. The molecule has 0 bridgehead atoms. The molecule has 0 radical (unpaired) electrons. The van der Waals surface area contributed by atoms with Crippen LogP contribution in [-0.4, -0.2) is 11.9 Å². The van der Waals surface area contributed by atoms with Crippen molar-refractivity contribution in [2.45, 2.75) is 0 Å². The normalized spacial score (nSPS) is 20.9. The second-order valence-corrected chi connectivity index (χ2v) is 2.55. The monoisotopic (exact) mass is 138 g/mol. The Morgan fingerprint density at radius 2 is 2.67 bits per heavy atom. The molecule has 0 unspecified atom stereocenters. The van der Waals surface area contributed by atoms with E-state index in [4.69, 9.17) is 5.26 Å². The predicted octanol–water partition coefficient (Wildman–Crippen LogP) is 1.50. The van der Waals surface area contributed by atoms with Gasteiger partial charge < -0.3 is 4.90 Å². The van der Waals surface area contributed by atoms with Gasteiger partial charge in [-0.05, 0) is 5.41 Å². The molecule has 9 heavy (non-hydrogen) atoms. The number of rotatable bonds is 0. The molecule has 1 aliphatic heterocycles. The van der Waals surface area contributed by atoms with Crippen LogP contribution in [-0.2, 0) is 0 Å². The Kier molecular flexibility index (Phi) is 1.81. The van der Waals surface area contributed by atoms with Crippen LogP contribution in [0.4, 0.5) is 0 Å². The molecule has 0 saturated carbocycles. The molecule has 0 aromatic carbocycles. The van der Waals surface area contributed by atoms with E-state index in [0.29, 0.717) is 0 Å². The quantitative estimate of drug-likeness (QED) is 0.475. The van der Waals surface area contributed by atoms with Crippen molar-refractivity contribution in [1.29, 1.82) is 5.26 Å². The van der Waals surface area contributed by atoms with E-state index >= 15 is 0 Å². The van der Waals surface area contributed by atoms with Gasteiger partial charge in [0.15, 0.2) is 0 Å². The first-order valence-electron chi connectivity index (χ1n) is 2.50. The third-order valence-corrected chi connectivity index (χ3v) is 1.91. The highest BCUT2D eigenvalue weighted by Crippen LogP contribution is 2.26. The fraction of sp³-hybridized carbons (Fsp3) is 0.167. The number of allylic oxidation sites excluding steroid dienone is 1. The Hall–Kier alpha value is -0.880. The molecule has 0 amide bonds. The second-order valence-electron chi connectivity index (χ2n) is 1.63. The molecular weight excluding hydrogens is 132 g/mol. The van der Waals surface area contributed by atoms with E-state index < -0.39 is 0 Å². The van der Waals surface area contributed by atoms with Crippen molar-refractivity contribution < 1.29 is 0 Å². The van der Waals surface area contributed by atoms with Gasteiger partial charge in [-0.2, -0.15) is 5.26 Å². The molecule has 0 aliphatic carbocycles. The van der Waals surface area contributed by atoms with Gasteiger partial charge in [-0.15, -0.1) is 0 Å². The van der Waals surface area contributed by atoms with Crippen LogP contribution in [0, 0.1) is 11.3 Å². The predicted molar refractivity (Wildman–Crippen MR) is 38.2 cm³/mol. The maximum absolute atomic E-state index is 8.25. The first kappa shape index (κ1) is 6.24. The molecule has 1 heterocycles. The van der Waals surface area contributed by atoms with Gasteiger partial charge in [0.1, 0.15) is 0 Å². The largest absolute Gasteiger partial charge is 0.345 e. The Balaban J connectivity index is 2.68. The van der Waals surface area contributed by atoms with Gasteiger partial charge in [-0.1, -0.05) is 11.8 Å². The Morgan fingerprint density at radius 3 is 3.11 bits per heavy atom. The van der Waals surface area contributed by atoms with Gasteiger partial charge in [-0.3, -0.25) is 0 Å². The first-order chi connectivity index (χ1) is 4.34. The highest BCUT2D eigenvalue weighted by Gasteiger charge is 2.05. The van der Waals surface area contributed by atoms with Crippen molar-refractivity contribution in [3.63, 3.8) is 0 Å². The zero-order chi connectivity index (χ0) is 6.69. The SMILES string of the molecule is CN1C=CSC1=CC#N. The van der Waals surface area contributed by atoms with Crippen molar-refractivity contribution in [2.24, 2.45) is 0 Å². The van der Waals surface area contributed by atoms with Crippen molar-refractivity contribution in [2.75, 3.05) is 7.05 Å². The minimum Gasteiger partial charge on any atom is -0.345 e. The van der Waals surface area contributed by atoms with Gasteiger partial charge in [0.25, 0.3) is 0 Å². The third-order valence-electron chi connectivity index (χ3n) is 1.01. The van der Waals surface area contributed by atoms with Crippen LogP contribution in [0.15, 0.2) is 22.7 Å². The minimum atomic E-state index is 0.984.